The second-order valence-corrected chi connectivity index (χ2v) is 5.37. The first-order valence-corrected chi connectivity index (χ1v) is 6.71. The molecule has 2 N–H and O–H groups in total. The third kappa shape index (κ3) is 3.42. The van der Waals surface area contributed by atoms with Crippen molar-refractivity contribution in [2.45, 2.75) is 19.9 Å². The van der Waals surface area contributed by atoms with Gasteiger partial charge in [0.15, 0.2) is 0 Å². The highest BCUT2D eigenvalue weighted by Crippen LogP contribution is 2.29. The fourth-order valence-corrected chi connectivity index (χ4v) is 2.26. The molecular weight excluding hydrogens is 274 g/mol. The molecule has 1 aliphatic rings. The normalized spacial score (nSPS) is 21.1. The van der Waals surface area contributed by atoms with E-state index in [2.05, 4.69) is 10.3 Å². The van der Waals surface area contributed by atoms with Gasteiger partial charge >= 0.3 is 12.0 Å². The number of pyridine rings is 1. The number of likely N-dealkylation sites (tertiary alicyclic amines) is 1. The van der Waals surface area contributed by atoms with Gasteiger partial charge in [-0.15, -0.1) is 0 Å². The van der Waals surface area contributed by atoms with E-state index in [4.69, 9.17) is 9.84 Å². The molecule has 0 aromatic carbocycles. The fraction of sp³-hybridized carbons (Fsp3) is 0.500. The number of nitrogens with zero attached hydrogens (tertiary/aromatic N) is 2. The van der Waals surface area contributed by atoms with Crippen LogP contribution in [0.15, 0.2) is 18.2 Å². The average Bonchev–Trinajstić information content (AvgIpc) is 2.89. The van der Waals surface area contributed by atoms with Crippen LogP contribution in [-0.2, 0) is 11.3 Å². The van der Waals surface area contributed by atoms with Gasteiger partial charge in [0.25, 0.3) is 0 Å². The predicted octanol–water partition coefficient (Wildman–Crippen LogP) is 1.10. The SMILES string of the molecule is COc1cccc(CNC(=O)N2CCC(C)(C(=O)O)C2)n1. The molecule has 1 atom stereocenters. The number of carboxylic acids is 1. The monoisotopic (exact) mass is 293 g/mol. The van der Waals surface area contributed by atoms with E-state index in [0.717, 1.165) is 0 Å². The van der Waals surface area contributed by atoms with Crippen LogP contribution in [-0.4, -0.2) is 47.2 Å². The van der Waals surface area contributed by atoms with Crippen molar-refractivity contribution in [3.05, 3.63) is 23.9 Å². The lowest BCUT2D eigenvalue weighted by molar-refractivity contribution is -0.147. The Morgan fingerprint density at radius 1 is 1.52 bits per heavy atom. The first-order valence-electron chi connectivity index (χ1n) is 6.71. The molecule has 2 amide bonds. The van der Waals surface area contributed by atoms with Crippen LogP contribution in [0.3, 0.4) is 0 Å². The molecule has 1 fully saturated rings. The largest absolute Gasteiger partial charge is 0.481 e. The Morgan fingerprint density at radius 2 is 2.29 bits per heavy atom. The van der Waals surface area contributed by atoms with Crippen LogP contribution in [0.2, 0.25) is 0 Å². The van der Waals surface area contributed by atoms with Crippen LogP contribution in [0.1, 0.15) is 19.0 Å². The average molecular weight is 293 g/mol. The summed E-state index contributed by atoms with van der Waals surface area (Å²) in [4.78, 5) is 28.9. The molecule has 114 valence electrons. The summed E-state index contributed by atoms with van der Waals surface area (Å²) in [5.74, 6) is -0.381. The highest BCUT2D eigenvalue weighted by atomic mass is 16.5. The van der Waals surface area contributed by atoms with E-state index < -0.39 is 11.4 Å². The van der Waals surface area contributed by atoms with Gasteiger partial charge in [0.1, 0.15) is 0 Å². The number of methoxy groups -OCH3 is 1. The van der Waals surface area contributed by atoms with Gasteiger partial charge in [0.2, 0.25) is 5.88 Å². The summed E-state index contributed by atoms with van der Waals surface area (Å²) >= 11 is 0. The van der Waals surface area contributed by atoms with Crippen LogP contribution in [0.25, 0.3) is 0 Å². The Kier molecular flexibility index (Phi) is 4.30. The number of carboxylic acid groups (broad SMARTS) is 1. The number of rotatable bonds is 4. The maximum atomic E-state index is 12.0. The van der Waals surface area contributed by atoms with Crippen LogP contribution in [0, 0.1) is 5.41 Å². The first kappa shape index (κ1) is 15.1. The summed E-state index contributed by atoms with van der Waals surface area (Å²) in [5, 5.41) is 11.9. The molecule has 1 aromatic rings. The standard InChI is InChI=1S/C14H19N3O4/c1-14(12(18)19)6-7-17(9-14)13(20)15-8-10-4-3-5-11(16-10)21-2/h3-5H,6-9H2,1-2H3,(H,15,20)(H,18,19). The summed E-state index contributed by atoms with van der Waals surface area (Å²) < 4.78 is 5.02. The zero-order chi connectivity index (χ0) is 15.5. The number of hydrogen-bond acceptors (Lipinski definition) is 4. The molecule has 2 rings (SSSR count). The Labute approximate surface area is 122 Å². The second kappa shape index (κ2) is 5.99. The van der Waals surface area contributed by atoms with Crippen molar-refractivity contribution in [1.29, 1.82) is 0 Å². The van der Waals surface area contributed by atoms with Crippen molar-refractivity contribution in [2.75, 3.05) is 20.2 Å². The van der Waals surface area contributed by atoms with Gasteiger partial charge in [0.05, 0.1) is 24.8 Å². The maximum Gasteiger partial charge on any atom is 0.317 e. The number of carbonyl (C=O) groups is 2. The van der Waals surface area contributed by atoms with E-state index >= 15 is 0 Å². The van der Waals surface area contributed by atoms with Gasteiger partial charge in [-0.2, -0.15) is 0 Å². The smallest absolute Gasteiger partial charge is 0.317 e. The molecule has 1 saturated heterocycles. The molecule has 0 spiro atoms. The highest BCUT2D eigenvalue weighted by Gasteiger charge is 2.42. The second-order valence-electron chi connectivity index (χ2n) is 5.37. The molecule has 1 aromatic heterocycles. The van der Waals surface area contributed by atoms with Gasteiger partial charge in [-0.05, 0) is 19.4 Å². The van der Waals surface area contributed by atoms with Gasteiger partial charge in [-0.3, -0.25) is 4.79 Å². The Balaban J connectivity index is 1.89. The number of carbonyl (C=O) groups excluding carboxylic acids is 1. The topological polar surface area (TPSA) is 91.8 Å². The van der Waals surface area contributed by atoms with Crippen molar-refractivity contribution >= 4 is 12.0 Å². The summed E-state index contributed by atoms with van der Waals surface area (Å²) in [5.41, 5.74) is -0.172. The lowest BCUT2D eigenvalue weighted by Gasteiger charge is -2.20. The minimum absolute atomic E-state index is 0.222. The fourth-order valence-electron chi connectivity index (χ4n) is 2.26. The minimum atomic E-state index is -0.868. The molecule has 2 heterocycles. The summed E-state index contributed by atoms with van der Waals surface area (Å²) in [6, 6.07) is 5.03. The molecule has 7 nitrogen and oxygen atoms in total. The van der Waals surface area contributed by atoms with E-state index in [0.29, 0.717) is 24.5 Å². The Hall–Kier alpha value is -2.31. The third-order valence-electron chi connectivity index (χ3n) is 3.69. The van der Waals surface area contributed by atoms with Crippen molar-refractivity contribution in [3.8, 4) is 5.88 Å². The lowest BCUT2D eigenvalue weighted by Crippen LogP contribution is -2.40. The number of ether oxygens (including phenoxy) is 1. The van der Waals surface area contributed by atoms with E-state index in [1.54, 1.807) is 25.1 Å². The van der Waals surface area contributed by atoms with Crippen LogP contribution in [0.4, 0.5) is 4.79 Å². The van der Waals surface area contributed by atoms with Gasteiger partial charge in [0, 0.05) is 19.2 Å². The molecule has 0 bridgehead atoms. The molecule has 1 aliphatic heterocycles. The number of amides is 2. The summed E-state index contributed by atoms with van der Waals surface area (Å²) in [6.07, 6.45) is 0.465. The van der Waals surface area contributed by atoms with E-state index in [1.165, 1.54) is 12.0 Å². The molecule has 0 aliphatic carbocycles. The van der Waals surface area contributed by atoms with Gasteiger partial charge < -0.3 is 20.1 Å². The highest BCUT2D eigenvalue weighted by molar-refractivity contribution is 5.79. The summed E-state index contributed by atoms with van der Waals surface area (Å²) in [7, 11) is 1.53. The Bertz CT molecular complexity index is 549. The molecule has 7 heteroatoms. The van der Waals surface area contributed by atoms with Crippen LogP contribution in [0.5, 0.6) is 5.88 Å². The van der Waals surface area contributed by atoms with Gasteiger partial charge in [-0.1, -0.05) is 6.07 Å². The van der Waals surface area contributed by atoms with Crippen molar-refractivity contribution in [3.63, 3.8) is 0 Å². The van der Waals surface area contributed by atoms with Crippen molar-refractivity contribution < 1.29 is 19.4 Å². The number of aromatic nitrogens is 1. The molecule has 1 unspecified atom stereocenters. The quantitative estimate of drug-likeness (QED) is 0.867. The zero-order valence-electron chi connectivity index (χ0n) is 12.1. The van der Waals surface area contributed by atoms with Crippen molar-refractivity contribution in [1.82, 2.24) is 15.2 Å². The lowest BCUT2D eigenvalue weighted by atomic mass is 9.90. The molecule has 0 saturated carbocycles. The van der Waals surface area contributed by atoms with E-state index in [-0.39, 0.29) is 19.1 Å². The zero-order valence-corrected chi connectivity index (χ0v) is 12.1. The first-order chi connectivity index (χ1) is 9.94. The number of urea groups is 1. The van der Waals surface area contributed by atoms with E-state index in [9.17, 15) is 9.59 Å². The van der Waals surface area contributed by atoms with Crippen molar-refractivity contribution in [2.24, 2.45) is 5.41 Å². The summed E-state index contributed by atoms with van der Waals surface area (Å²) in [6.45, 7) is 2.60. The molecular formula is C14H19N3O4. The van der Waals surface area contributed by atoms with E-state index in [1.807, 2.05) is 0 Å². The maximum absolute atomic E-state index is 12.0. The Morgan fingerprint density at radius 3 is 2.90 bits per heavy atom. The third-order valence-corrected chi connectivity index (χ3v) is 3.69. The molecule has 21 heavy (non-hydrogen) atoms. The van der Waals surface area contributed by atoms with Gasteiger partial charge in [-0.25, -0.2) is 9.78 Å². The minimum Gasteiger partial charge on any atom is -0.481 e. The molecule has 0 radical (unpaired) electrons. The van der Waals surface area contributed by atoms with Crippen LogP contribution >= 0.6 is 0 Å². The predicted molar refractivity (Wildman–Crippen MR) is 75.0 cm³/mol. The number of aliphatic carboxylic acids is 1. The van der Waals surface area contributed by atoms with Crippen LogP contribution < -0.4 is 10.1 Å². The number of nitrogens with one attached hydrogen (secondary N) is 1. The number of hydrogen-bond donors (Lipinski definition) is 2.